The minimum absolute atomic E-state index is 0.210. The first kappa shape index (κ1) is 15.0. The van der Waals surface area contributed by atoms with Crippen molar-refractivity contribution in [2.24, 2.45) is 5.73 Å². The van der Waals surface area contributed by atoms with Gasteiger partial charge >= 0.3 is 11.8 Å². The monoisotopic (exact) mass is 295 g/mol. The minimum Gasteiger partial charge on any atom is -0.333 e. The molecule has 5 nitrogen and oxygen atoms in total. The SMILES string of the molecule is CCN1CCN(C(c2ccc(C)s2)C(C)N)C(=O)C1=O. The van der Waals surface area contributed by atoms with Gasteiger partial charge in [-0.2, -0.15) is 0 Å². The van der Waals surface area contributed by atoms with Crippen LogP contribution in [0.15, 0.2) is 12.1 Å². The van der Waals surface area contributed by atoms with E-state index in [4.69, 9.17) is 5.73 Å². The third-order valence-corrected chi connectivity index (χ3v) is 4.68. The highest BCUT2D eigenvalue weighted by Crippen LogP contribution is 2.31. The summed E-state index contributed by atoms with van der Waals surface area (Å²) in [4.78, 5) is 29.8. The molecule has 1 aliphatic heterocycles. The molecule has 2 rings (SSSR count). The van der Waals surface area contributed by atoms with Crippen molar-refractivity contribution in [3.05, 3.63) is 21.9 Å². The summed E-state index contributed by atoms with van der Waals surface area (Å²) in [6.07, 6.45) is 0. The summed E-state index contributed by atoms with van der Waals surface area (Å²) in [7, 11) is 0. The number of aryl methyl sites for hydroxylation is 1. The van der Waals surface area contributed by atoms with Crippen molar-refractivity contribution in [1.82, 2.24) is 9.80 Å². The zero-order chi connectivity index (χ0) is 14.9. The molecule has 0 aromatic carbocycles. The van der Waals surface area contributed by atoms with E-state index in [1.807, 2.05) is 32.9 Å². The van der Waals surface area contributed by atoms with Crippen LogP contribution < -0.4 is 5.73 Å². The number of nitrogens with two attached hydrogens (primary N) is 1. The van der Waals surface area contributed by atoms with Gasteiger partial charge in [0.15, 0.2) is 0 Å². The molecule has 1 fully saturated rings. The average molecular weight is 295 g/mol. The number of thiophene rings is 1. The molecule has 1 aromatic heterocycles. The zero-order valence-electron chi connectivity index (χ0n) is 12.1. The van der Waals surface area contributed by atoms with Crippen molar-refractivity contribution in [3.8, 4) is 0 Å². The van der Waals surface area contributed by atoms with Gasteiger partial charge in [0, 0.05) is 35.4 Å². The molecule has 1 saturated heterocycles. The van der Waals surface area contributed by atoms with Crippen molar-refractivity contribution < 1.29 is 9.59 Å². The van der Waals surface area contributed by atoms with Gasteiger partial charge in [0.1, 0.15) is 0 Å². The lowest BCUT2D eigenvalue weighted by Gasteiger charge is -2.39. The first-order chi connectivity index (χ1) is 9.45. The number of piperazine rings is 1. The Morgan fingerprint density at radius 2 is 2.00 bits per heavy atom. The lowest BCUT2D eigenvalue weighted by molar-refractivity contribution is -0.158. The van der Waals surface area contributed by atoms with Crippen molar-refractivity contribution >= 4 is 23.2 Å². The molecule has 110 valence electrons. The second-order valence-corrected chi connectivity index (χ2v) is 6.46. The summed E-state index contributed by atoms with van der Waals surface area (Å²) in [6.45, 7) is 7.47. The highest BCUT2D eigenvalue weighted by Gasteiger charge is 2.38. The Morgan fingerprint density at radius 3 is 2.50 bits per heavy atom. The van der Waals surface area contributed by atoms with Crippen LogP contribution in [0.4, 0.5) is 0 Å². The smallest absolute Gasteiger partial charge is 0.312 e. The summed E-state index contributed by atoms with van der Waals surface area (Å²) < 4.78 is 0. The molecule has 6 heteroatoms. The van der Waals surface area contributed by atoms with E-state index in [-0.39, 0.29) is 12.1 Å². The van der Waals surface area contributed by atoms with Gasteiger partial charge in [-0.25, -0.2) is 0 Å². The predicted molar refractivity (Wildman–Crippen MR) is 79.4 cm³/mol. The van der Waals surface area contributed by atoms with Crippen LogP contribution in [-0.2, 0) is 9.59 Å². The van der Waals surface area contributed by atoms with Crippen LogP contribution in [0.5, 0.6) is 0 Å². The van der Waals surface area contributed by atoms with Crippen LogP contribution in [0.1, 0.15) is 29.6 Å². The topological polar surface area (TPSA) is 66.6 Å². The largest absolute Gasteiger partial charge is 0.333 e. The average Bonchev–Trinajstić information content (AvgIpc) is 2.81. The molecular formula is C14H21N3O2S. The molecule has 20 heavy (non-hydrogen) atoms. The molecule has 0 aliphatic carbocycles. The lowest BCUT2D eigenvalue weighted by Crippen LogP contribution is -2.57. The molecule has 2 amide bonds. The summed E-state index contributed by atoms with van der Waals surface area (Å²) in [6, 6.07) is 3.59. The van der Waals surface area contributed by atoms with Crippen LogP contribution in [0.25, 0.3) is 0 Å². The maximum Gasteiger partial charge on any atom is 0.312 e. The molecule has 1 aliphatic rings. The molecule has 2 N–H and O–H groups in total. The second-order valence-electron chi connectivity index (χ2n) is 5.14. The predicted octanol–water partition coefficient (Wildman–Crippen LogP) is 1.14. The van der Waals surface area contributed by atoms with Gasteiger partial charge in [0.25, 0.3) is 0 Å². The molecular weight excluding hydrogens is 274 g/mol. The van der Waals surface area contributed by atoms with Crippen molar-refractivity contribution in [3.63, 3.8) is 0 Å². The fourth-order valence-electron chi connectivity index (χ4n) is 2.57. The van der Waals surface area contributed by atoms with E-state index in [0.29, 0.717) is 19.6 Å². The van der Waals surface area contributed by atoms with Crippen molar-refractivity contribution in [2.75, 3.05) is 19.6 Å². The van der Waals surface area contributed by atoms with Gasteiger partial charge in [0.05, 0.1) is 6.04 Å². The Hall–Kier alpha value is -1.40. The highest BCUT2D eigenvalue weighted by atomic mass is 32.1. The summed E-state index contributed by atoms with van der Waals surface area (Å²) >= 11 is 1.63. The third kappa shape index (κ3) is 2.71. The standard InChI is InChI=1S/C14H21N3O2S/c1-4-16-7-8-17(14(19)13(16)18)12(10(3)15)11-6-5-9(2)20-11/h5-6,10,12H,4,7-8,15H2,1-3H3. The molecule has 2 unspecified atom stereocenters. The normalized spacial score (nSPS) is 19.4. The minimum atomic E-state index is -0.438. The summed E-state index contributed by atoms with van der Waals surface area (Å²) in [5, 5.41) is 0. The zero-order valence-corrected chi connectivity index (χ0v) is 12.9. The Balaban J connectivity index is 2.27. The quantitative estimate of drug-likeness (QED) is 0.847. The van der Waals surface area contributed by atoms with Gasteiger partial charge in [-0.05, 0) is 32.9 Å². The van der Waals surface area contributed by atoms with Crippen LogP contribution in [0, 0.1) is 6.92 Å². The maximum absolute atomic E-state index is 12.3. The fourth-order valence-corrected chi connectivity index (χ4v) is 3.67. The Bertz CT molecular complexity index is 512. The van der Waals surface area contributed by atoms with E-state index < -0.39 is 11.8 Å². The third-order valence-electron chi connectivity index (χ3n) is 3.61. The van der Waals surface area contributed by atoms with E-state index in [9.17, 15) is 9.59 Å². The molecule has 0 radical (unpaired) electrons. The van der Waals surface area contributed by atoms with Gasteiger partial charge in [-0.1, -0.05) is 0 Å². The van der Waals surface area contributed by atoms with Crippen LogP contribution in [-0.4, -0.2) is 47.3 Å². The number of carbonyl (C=O) groups excluding carboxylic acids is 2. The molecule has 1 aromatic rings. The van der Waals surface area contributed by atoms with Crippen LogP contribution in [0.3, 0.4) is 0 Å². The van der Waals surface area contributed by atoms with Crippen LogP contribution in [0.2, 0.25) is 0 Å². The summed E-state index contributed by atoms with van der Waals surface area (Å²) in [5.74, 6) is -0.857. The highest BCUT2D eigenvalue weighted by molar-refractivity contribution is 7.12. The second kappa shape index (κ2) is 5.93. The lowest BCUT2D eigenvalue weighted by atomic mass is 10.1. The number of nitrogens with zero attached hydrogens (tertiary/aromatic N) is 2. The Labute approximate surface area is 123 Å². The van der Waals surface area contributed by atoms with Gasteiger partial charge in [-0.15, -0.1) is 11.3 Å². The van der Waals surface area contributed by atoms with E-state index in [2.05, 4.69) is 0 Å². The maximum atomic E-state index is 12.3. The van der Waals surface area contributed by atoms with Crippen LogP contribution >= 0.6 is 11.3 Å². The molecule has 0 saturated carbocycles. The molecule has 0 spiro atoms. The fraction of sp³-hybridized carbons (Fsp3) is 0.571. The van der Waals surface area contributed by atoms with E-state index >= 15 is 0 Å². The number of likely N-dealkylation sites (N-methyl/N-ethyl adjacent to an activating group) is 1. The number of hydrogen-bond acceptors (Lipinski definition) is 4. The summed E-state index contributed by atoms with van der Waals surface area (Å²) in [5.41, 5.74) is 6.07. The number of hydrogen-bond donors (Lipinski definition) is 1. The van der Waals surface area contributed by atoms with Gasteiger partial charge in [0.2, 0.25) is 0 Å². The van der Waals surface area contributed by atoms with E-state index in [0.717, 1.165) is 4.88 Å². The van der Waals surface area contributed by atoms with Gasteiger partial charge in [-0.3, -0.25) is 9.59 Å². The van der Waals surface area contributed by atoms with E-state index in [1.54, 1.807) is 21.1 Å². The van der Waals surface area contributed by atoms with Gasteiger partial charge < -0.3 is 15.5 Å². The van der Waals surface area contributed by atoms with Crippen molar-refractivity contribution in [2.45, 2.75) is 32.9 Å². The molecule has 0 bridgehead atoms. The first-order valence-corrected chi connectivity index (χ1v) is 7.69. The van der Waals surface area contributed by atoms with Crippen molar-refractivity contribution in [1.29, 1.82) is 0 Å². The molecule has 2 heterocycles. The van der Waals surface area contributed by atoms with E-state index in [1.165, 1.54) is 4.88 Å². The molecule has 2 atom stereocenters. The Morgan fingerprint density at radius 1 is 1.30 bits per heavy atom. The number of rotatable bonds is 4. The number of carbonyl (C=O) groups is 2. The first-order valence-electron chi connectivity index (χ1n) is 6.87. The Kier molecular flexibility index (Phi) is 4.45. The number of amides is 2.